The van der Waals surface area contributed by atoms with Crippen LogP contribution in [-0.2, 0) is 7.05 Å². The summed E-state index contributed by atoms with van der Waals surface area (Å²) in [6.07, 6.45) is 0. The van der Waals surface area contributed by atoms with Crippen molar-refractivity contribution in [3.05, 3.63) is 78.9 Å². The second kappa shape index (κ2) is 4.41. The number of para-hydroxylation sites is 3. The zero-order chi connectivity index (χ0) is 17.7. The van der Waals surface area contributed by atoms with Crippen LogP contribution in [0.15, 0.2) is 78.9 Å². The van der Waals surface area contributed by atoms with Gasteiger partial charge in [-0.05, 0) is 18.2 Å². The molecule has 0 aliphatic carbocycles. The van der Waals surface area contributed by atoms with Gasteiger partial charge in [0, 0.05) is 44.9 Å². The summed E-state index contributed by atoms with van der Waals surface area (Å²) in [5.74, 6) is 0. The number of fused-ring (bicyclic) bond motifs is 10. The summed E-state index contributed by atoms with van der Waals surface area (Å²) in [6.45, 7) is 0. The Morgan fingerprint density at radius 3 is 1.96 bits per heavy atom. The normalized spacial score (nSPS) is 12.6. The first-order chi connectivity index (χ1) is 13.3. The van der Waals surface area contributed by atoms with E-state index in [2.05, 4.69) is 94.9 Å². The molecule has 0 saturated heterocycles. The van der Waals surface area contributed by atoms with Gasteiger partial charge in [0.1, 0.15) is 0 Å². The van der Waals surface area contributed by atoms with Gasteiger partial charge in [-0.2, -0.15) is 0 Å². The van der Waals surface area contributed by atoms with Crippen LogP contribution in [0.25, 0.3) is 59.9 Å². The molecule has 0 fully saturated rings. The highest BCUT2D eigenvalue weighted by Crippen LogP contribution is 2.43. The van der Waals surface area contributed by atoms with Crippen LogP contribution in [0.1, 0.15) is 0 Å². The van der Waals surface area contributed by atoms with Gasteiger partial charge in [-0.3, -0.25) is 0 Å². The SMILES string of the molecule is Cn1c2ccccc2c2ccc3c(c4cccc5c6ccccc6n3c54)c21. The van der Waals surface area contributed by atoms with Gasteiger partial charge < -0.3 is 8.97 Å². The van der Waals surface area contributed by atoms with Gasteiger partial charge in [0.2, 0.25) is 0 Å². The molecule has 0 saturated carbocycles. The molecule has 126 valence electrons. The summed E-state index contributed by atoms with van der Waals surface area (Å²) in [5.41, 5.74) is 6.53. The number of aromatic nitrogens is 2. The molecular weight excluding hydrogens is 328 g/mol. The van der Waals surface area contributed by atoms with E-state index in [1.54, 1.807) is 0 Å². The minimum Gasteiger partial charge on any atom is -0.343 e. The summed E-state index contributed by atoms with van der Waals surface area (Å²) >= 11 is 0. The summed E-state index contributed by atoms with van der Waals surface area (Å²) < 4.78 is 4.81. The summed E-state index contributed by atoms with van der Waals surface area (Å²) in [4.78, 5) is 0. The van der Waals surface area contributed by atoms with E-state index in [9.17, 15) is 0 Å². The van der Waals surface area contributed by atoms with Crippen molar-refractivity contribution in [1.29, 1.82) is 0 Å². The molecule has 3 heterocycles. The van der Waals surface area contributed by atoms with Crippen LogP contribution >= 0.6 is 0 Å². The van der Waals surface area contributed by atoms with Gasteiger partial charge >= 0.3 is 0 Å². The molecule has 0 amide bonds. The van der Waals surface area contributed by atoms with Gasteiger partial charge in [0.05, 0.1) is 22.1 Å². The Labute approximate surface area is 155 Å². The van der Waals surface area contributed by atoms with Crippen molar-refractivity contribution in [2.75, 3.05) is 0 Å². The van der Waals surface area contributed by atoms with E-state index in [1.807, 2.05) is 0 Å². The fourth-order valence-corrected chi connectivity index (χ4v) is 5.18. The molecule has 0 radical (unpaired) electrons. The molecule has 7 rings (SSSR count). The molecule has 2 nitrogen and oxygen atoms in total. The Morgan fingerprint density at radius 1 is 0.481 bits per heavy atom. The Kier molecular flexibility index (Phi) is 2.23. The van der Waals surface area contributed by atoms with E-state index < -0.39 is 0 Å². The minimum absolute atomic E-state index is 1.29. The van der Waals surface area contributed by atoms with E-state index in [4.69, 9.17) is 0 Å². The quantitative estimate of drug-likeness (QED) is 0.298. The predicted octanol–water partition coefficient (Wildman–Crippen LogP) is 6.48. The highest BCUT2D eigenvalue weighted by Gasteiger charge is 2.20. The molecule has 27 heavy (non-hydrogen) atoms. The van der Waals surface area contributed by atoms with Gasteiger partial charge in [-0.1, -0.05) is 60.7 Å². The van der Waals surface area contributed by atoms with Crippen molar-refractivity contribution in [1.82, 2.24) is 8.97 Å². The lowest BCUT2D eigenvalue weighted by atomic mass is 10.1. The maximum absolute atomic E-state index is 2.45. The van der Waals surface area contributed by atoms with Crippen molar-refractivity contribution < 1.29 is 0 Å². The van der Waals surface area contributed by atoms with Crippen LogP contribution in [0, 0.1) is 0 Å². The number of aryl methyl sites for hydroxylation is 1. The minimum atomic E-state index is 1.29. The molecular formula is C25H16N2. The number of benzene rings is 4. The van der Waals surface area contributed by atoms with Crippen molar-refractivity contribution in [3.8, 4) is 0 Å². The molecule has 4 aromatic carbocycles. The maximum Gasteiger partial charge on any atom is 0.0621 e. The molecule has 2 heteroatoms. The predicted molar refractivity (Wildman–Crippen MR) is 115 cm³/mol. The molecule has 0 bridgehead atoms. The maximum atomic E-state index is 2.45. The van der Waals surface area contributed by atoms with E-state index in [0.717, 1.165) is 0 Å². The van der Waals surface area contributed by atoms with Crippen molar-refractivity contribution in [2.24, 2.45) is 7.05 Å². The highest BCUT2D eigenvalue weighted by atomic mass is 15.0. The van der Waals surface area contributed by atoms with Gasteiger partial charge in [0.15, 0.2) is 0 Å². The standard InChI is InChI=1S/C25H16N2/c1-26-20-11-4-2-7-15(20)18-13-14-22-23(25(18)26)19-10-6-9-17-16-8-3-5-12-21(16)27(22)24(17)19/h2-14H,1H3. The number of nitrogens with zero attached hydrogens (tertiary/aromatic N) is 2. The smallest absolute Gasteiger partial charge is 0.0621 e. The molecule has 0 N–H and O–H groups in total. The third-order valence-electron chi connectivity index (χ3n) is 6.25. The first-order valence-corrected chi connectivity index (χ1v) is 9.37. The van der Waals surface area contributed by atoms with Crippen LogP contribution in [0.4, 0.5) is 0 Å². The Balaban J connectivity index is 1.90. The van der Waals surface area contributed by atoms with Crippen LogP contribution < -0.4 is 0 Å². The van der Waals surface area contributed by atoms with Gasteiger partial charge in [0.25, 0.3) is 0 Å². The number of rotatable bonds is 0. The first-order valence-electron chi connectivity index (χ1n) is 9.37. The molecule has 0 spiro atoms. The van der Waals surface area contributed by atoms with Crippen molar-refractivity contribution in [3.63, 3.8) is 0 Å². The number of hydrogen-bond donors (Lipinski definition) is 0. The fourth-order valence-electron chi connectivity index (χ4n) is 5.18. The summed E-state index contributed by atoms with van der Waals surface area (Å²) in [7, 11) is 2.19. The van der Waals surface area contributed by atoms with E-state index >= 15 is 0 Å². The molecule has 3 aromatic heterocycles. The molecule has 0 aliphatic heterocycles. The van der Waals surface area contributed by atoms with E-state index in [-0.39, 0.29) is 0 Å². The Hall–Kier alpha value is -3.52. The zero-order valence-electron chi connectivity index (χ0n) is 14.9. The Bertz CT molecular complexity index is 1680. The largest absolute Gasteiger partial charge is 0.343 e. The number of hydrogen-bond acceptors (Lipinski definition) is 0. The van der Waals surface area contributed by atoms with Gasteiger partial charge in [-0.15, -0.1) is 0 Å². The summed E-state index contributed by atoms with van der Waals surface area (Å²) in [5, 5.41) is 8.03. The lowest BCUT2D eigenvalue weighted by Gasteiger charge is -2.02. The second-order valence-electron chi connectivity index (χ2n) is 7.49. The molecule has 0 unspecified atom stereocenters. The fraction of sp³-hybridized carbons (Fsp3) is 0.0400. The van der Waals surface area contributed by atoms with Crippen LogP contribution in [-0.4, -0.2) is 8.97 Å². The third-order valence-corrected chi connectivity index (χ3v) is 6.25. The molecule has 0 aliphatic rings. The average Bonchev–Trinajstić information content (AvgIpc) is 3.34. The third kappa shape index (κ3) is 1.42. The first kappa shape index (κ1) is 13.7. The molecule has 7 aromatic rings. The topological polar surface area (TPSA) is 9.34 Å². The monoisotopic (exact) mass is 344 g/mol. The average molecular weight is 344 g/mol. The molecule has 0 atom stereocenters. The van der Waals surface area contributed by atoms with Crippen LogP contribution in [0.3, 0.4) is 0 Å². The van der Waals surface area contributed by atoms with Crippen molar-refractivity contribution >= 4 is 59.9 Å². The van der Waals surface area contributed by atoms with E-state index in [0.29, 0.717) is 0 Å². The van der Waals surface area contributed by atoms with Crippen molar-refractivity contribution in [2.45, 2.75) is 0 Å². The van der Waals surface area contributed by atoms with Crippen LogP contribution in [0.2, 0.25) is 0 Å². The lowest BCUT2D eigenvalue weighted by molar-refractivity contribution is 1.02. The van der Waals surface area contributed by atoms with Crippen LogP contribution in [0.5, 0.6) is 0 Å². The lowest BCUT2D eigenvalue weighted by Crippen LogP contribution is -1.87. The van der Waals surface area contributed by atoms with Gasteiger partial charge in [-0.25, -0.2) is 0 Å². The highest BCUT2D eigenvalue weighted by molar-refractivity contribution is 6.30. The summed E-state index contributed by atoms with van der Waals surface area (Å²) in [6, 6.07) is 28.8. The zero-order valence-corrected chi connectivity index (χ0v) is 14.9. The Morgan fingerprint density at radius 2 is 1.11 bits per heavy atom. The van der Waals surface area contributed by atoms with E-state index in [1.165, 1.54) is 59.9 Å². The second-order valence-corrected chi connectivity index (χ2v) is 7.49.